The Bertz CT molecular complexity index is 1210. The van der Waals surface area contributed by atoms with Crippen LogP contribution in [0.2, 0.25) is 0 Å². The van der Waals surface area contributed by atoms with Gasteiger partial charge in [-0.1, -0.05) is 60.7 Å². The van der Waals surface area contributed by atoms with Gasteiger partial charge in [0.05, 0.1) is 11.2 Å². The van der Waals surface area contributed by atoms with Crippen LogP contribution < -0.4 is 4.74 Å². The molecular weight excluding hydrogens is 374 g/mol. The zero-order valence-electron chi connectivity index (χ0n) is 16.4. The first-order valence-electron chi connectivity index (χ1n) is 10.0. The molecule has 0 fully saturated rings. The van der Waals surface area contributed by atoms with Crippen LogP contribution >= 0.6 is 0 Å². The molecule has 0 radical (unpaired) electrons. The number of pyridine rings is 1. The molecule has 4 heteroatoms. The molecule has 0 unspecified atom stereocenters. The smallest absolute Gasteiger partial charge is 0.314 e. The van der Waals surface area contributed by atoms with Gasteiger partial charge in [-0.2, -0.15) is 0 Å². The molecule has 0 amide bonds. The number of fused-ring (bicyclic) bond motifs is 2. The molecule has 0 saturated carbocycles. The number of para-hydroxylation sites is 1. The maximum atomic E-state index is 12.3. The summed E-state index contributed by atoms with van der Waals surface area (Å²) >= 11 is 0. The van der Waals surface area contributed by atoms with E-state index >= 15 is 0 Å². The molecule has 4 nitrogen and oxygen atoms in total. The number of nitrogens with zero attached hydrogens (tertiary/aromatic N) is 1. The van der Waals surface area contributed by atoms with Gasteiger partial charge in [0.2, 0.25) is 0 Å². The number of carbonyl (C=O) groups is 1. The predicted octanol–water partition coefficient (Wildman–Crippen LogP) is 4.94. The average molecular weight is 395 g/mol. The van der Waals surface area contributed by atoms with E-state index in [0.717, 1.165) is 33.3 Å². The molecule has 0 saturated heterocycles. The van der Waals surface area contributed by atoms with E-state index < -0.39 is 11.4 Å². The minimum atomic E-state index is -0.915. The lowest BCUT2D eigenvalue weighted by atomic mass is 9.78. The highest BCUT2D eigenvalue weighted by Crippen LogP contribution is 2.40. The van der Waals surface area contributed by atoms with Gasteiger partial charge in [0, 0.05) is 5.39 Å². The van der Waals surface area contributed by atoms with Gasteiger partial charge in [0.1, 0.15) is 17.8 Å². The second-order valence-electron chi connectivity index (χ2n) is 7.82. The van der Waals surface area contributed by atoms with E-state index in [9.17, 15) is 9.90 Å². The summed E-state index contributed by atoms with van der Waals surface area (Å²) in [5.74, 6) is -0.0857. The SMILES string of the molecule is O=C(O)C1(c2ccc(OCc3ccc4ccccc4n3)cc2)Cc2ccccc2C1. The van der Waals surface area contributed by atoms with Crippen molar-refractivity contribution in [2.75, 3.05) is 0 Å². The maximum Gasteiger partial charge on any atom is 0.314 e. The molecule has 1 N–H and O–H groups in total. The van der Waals surface area contributed by atoms with Crippen molar-refractivity contribution in [2.24, 2.45) is 0 Å². The molecule has 0 spiro atoms. The van der Waals surface area contributed by atoms with Crippen molar-refractivity contribution in [3.8, 4) is 5.75 Å². The van der Waals surface area contributed by atoms with Gasteiger partial charge in [-0.25, -0.2) is 4.98 Å². The quantitative estimate of drug-likeness (QED) is 0.520. The third kappa shape index (κ3) is 3.20. The Labute approximate surface area is 174 Å². The second kappa shape index (κ2) is 7.30. The number of benzene rings is 3. The van der Waals surface area contributed by atoms with Gasteiger partial charge in [0.25, 0.3) is 0 Å². The van der Waals surface area contributed by atoms with Gasteiger partial charge in [-0.05, 0) is 53.8 Å². The van der Waals surface area contributed by atoms with Crippen molar-refractivity contribution >= 4 is 16.9 Å². The van der Waals surface area contributed by atoms with Gasteiger partial charge >= 0.3 is 5.97 Å². The second-order valence-corrected chi connectivity index (χ2v) is 7.82. The highest BCUT2D eigenvalue weighted by molar-refractivity contribution is 5.84. The van der Waals surface area contributed by atoms with Crippen molar-refractivity contribution in [3.63, 3.8) is 0 Å². The number of ether oxygens (including phenoxy) is 1. The zero-order valence-corrected chi connectivity index (χ0v) is 16.4. The van der Waals surface area contributed by atoms with E-state index in [0.29, 0.717) is 25.2 Å². The standard InChI is InChI=1S/C26H21NO3/c28-25(29)26(15-19-6-1-2-7-20(19)16-26)21-10-13-23(14-11-21)30-17-22-12-9-18-5-3-4-8-24(18)27-22/h1-14H,15-17H2,(H,28,29). The third-order valence-electron chi connectivity index (χ3n) is 5.96. The molecule has 3 aromatic carbocycles. The molecule has 30 heavy (non-hydrogen) atoms. The lowest BCUT2D eigenvalue weighted by Gasteiger charge is -2.24. The van der Waals surface area contributed by atoms with E-state index in [1.165, 1.54) is 0 Å². The minimum absolute atomic E-state index is 0.361. The molecule has 1 aliphatic carbocycles. The molecule has 1 aliphatic rings. The Morgan fingerprint density at radius 3 is 2.23 bits per heavy atom. The molecule has 5 rings (SSSR count). The molecule has 148 valence electrons. The number of aromatic nitrogens is 1. The number of rotatable bonds is 5. The normalized spacial score (nSPS) is 14.4. The van der Waals surface area contributed by atoms with Crippen LogP contribution in [0.3, 0.4) is 0 Å². The van der Waals surface area contributed by atoms with E-state index in [2.05, 4.69) is 4.98 Å². The third-order valence-corrected chi connectivity index (χ3v) is 5.96. The molecule has 0 bridgehead atoms. The van der Waals surface area contributed by atoms with Crippen LogP contribution in [0.15, 0.2) is 84.9 Å². The number of aliphatic carboxylic acids is 1. The number of carboxylic acids is 1. The lowest BCUT2D eigenvalue weighted by Crippen LogP contribution is -2.36. The van der Waals surface area contributed by atoms with Gasteiger partial charge in [0.15, 0.2) is 0 Å². The van der Waals surface area contributed by atoms with Crippen LogP contribution in [-0.4, -0.2) is 16.1 Å². The number of hydrogen-bond acceptors (Lipinski definition) is 3. The molecule has 4 aromatic rings. The van der Waals surface area contributed by atoms with Crippen molar-refractivity contribution in [2.45, 2.75) is 24.9 Å². The fourth-order valence-electron chi connectivity index (χ4n) is 4.31. The fourth-order valence-corrected chi connectivity index (χ4v) is 4.31. The molecule has 0 aliphatic heterocycles. The first-order valence-corrected chi connectivity index (χ1v) is 10.0. The summed E-state index contributed by atoms with van der Waals surface area (Å²) in [6.45, 7) is 0.361. The van der Waals surface area contributed by atoms with Crippen molar-refractivity contribution in [1.29, 1.82) is 0 Å². The Kier molecular flexibility index (Phi) is 4.47. The Hall–Kier alpha value is -3.66. The summed E-state index contributed by atoms with van der Waals surface area (Å²) in [7, 11) is 0. The number of hydrogen-bond donors (Lipinski definition) is 1. The summed E-state index contributed by atoms with van der Waals surface area (Å²) in [5.41, 5.74) is 3.92. The summed E-state index contributed by atoms with van der Waals surface area (Å²) in [6, 6.07) is 27.4. The lowest BCUT2D eigenvalue weighted by molar-refractivity contribution is -0.143. The van der Waals surface area contributed by atoms with E-state index in [1.807, 2.05) is 84.9 Å². The van der Waals surface area contributed by atoms with E-state index in [-0.39, 0.29) is 0 Å². The summed E-state index contributed by atoms with van der Waals surface area (Å²) in [5, 5.41) is 11.2. The summed E-state index contributed by atoms with van der Waals surface area (Å²) < 4.78 is 5.90. The molecular formula is C26H21NO3. The van der Waals surface area contributed by atoms with Crippen molar-refractivity contribution in [3.05, 3.63) is 107 Å². The molecule has 0 atom stereocenters. The maximum absolute atomic E-state index is 12.3. The predicted molar refractivity (Wildman–Crippen MR) is 116 cm³/mol. The molecule has 1 aromatic heterocycles. The zero-order chi connectivity index (χ0) is 20.6. The minimum Gasteiger partial charge on any atom is -0.487 e. The van der Waals surface area contributed by atoms with Gasteiger partial charge < -0.3 is 9.84 Å². The highest BCUT2D eigenvalue weighted by Gasteiger charge is 2.45. The average Bonchev–Trinajstić information content (AvgIpc) is 3.19. The van der Waals surface area contributed by atoms with Crippen LogP contribution in [0.4, 0.5) is 0 Å². The van der Waals surface area contributed by atoms with Crippen molar-refractivity contribution < 1.29 is 14.6 Å². The Morgan fingerprint density at radius 2 is 1.53 bits per heavy atom. The fraction of sp³-hybridized carbons (Fsp3) is 0.154. The van der Waals surface area contributed by atoms with E-state index in [1.54, 1.807) is 0 Å². The summed E-state index contributed by atoms with van der Waals surface area (Å²) in [4.78, 5) is 16.9. The molecule has 1 heterocycles. The van der Waals surface area contributed by atoms with E-state index in [4.69, 9.17) is 4.74 Å². The summed E-state index contributed by atoms with van der Waals surface area (Å²) in [6.07, 6.45) is 1.03. The Morgan fingerprint density at radius 1 is 0.867 bits per heavy atom. The van der Waals surface area contributed by atoms with Gasteiger partial charge in [-0.3, -0.25) is 4.79 Å². The van der Waals surface area contributed by atoms with Gasteiger partial charge in [-0.15, -0.1) is 0 Å². The highest BCUT2D eigenvalue weighted by atomic mass is 16.5. The Balaban J connectivity index is 1.34. The first kappa shape index (κ1) is 18.4. The van der Waals surface area contributed by atoms with Crippen LogP contribution in [0.25, 0.3) is 10.9 Å². The van der Waals surface area contributed by atoms with Crippen LogP contribution in [0, 0.1) is 0 Å². The van der Waals surface area contributed by atoms with Crippen LogP contribution in [-0.2, 0) is 29.7 Å². The van der Waals surface area contributed by atoms with Crippen LogP contribution in [0.5, 0.6) is 5.75 Å². The largest absolute Gasteiger partial charge is 0.487 e. The first-order chi connectivity index (χ1) is 14.6. The number of carboxylic acid groups (broad SMARTS) is 1. The van der Waals surface area contributed by atoms with Crippen molar-refractivity contribution in [1.82, 2.24) is 4.98 Å². The van der Waals surface area contributed by atoms with Crippen LogP contribution in [0.1, 0.15) is 22.4 Å². The topological polar surface area (TPSA) is 59.4 Å². The monoisotopic (exact) mass is 395 g/mol.